The van der Waals surface area contributed by atoms with Crippen LogP contribution in [0.25, 0.3) is 11.3 Å². The zero-order valence-electron chi connectivity index (χ0n) is 12.1. The summed E-state index contributed by atoms with van der Waals surface area (Å²) >= 11 is 12.0. The van der Waals surface area contributed by atoms with Crippen molar-refractivity contribution in [3.63, 3.8) is 0 Å². The van der Waals surface area contributed by atoms with Gasteiger partial charge in [0.25, 0.3) is 5.91 Å². The summed E-state index contributed by atoms with van der Waals surface area (Å²) in [6, 6.07) is 14.3. The first-order valence-electron chi connectivity index (χ1n) is 6.84. The van der Waals surface area contributed by atoms with Crippen molar-refractivity contribution in [3.05, 3.63) is 69.7 Å². The van der Waals surface area contributed by atoms with Crippen LogP contribution in [-0.2, 0) is 0 Å². The van der Waals surface area contributed by atoms with Crippen molar-refractivity contribution >= 4 is 34.9 Å². The number of carbonyl (C=O) groups is 1. The monoisotopic (exact) mass is 346 g/mol. The molecule has 1 aromatic heterocycles. The molecule has 3 aromatic rings. The van der Waals surface area contributed by atoms with Gasteiger partial charge in [-0.3, -0.25) is 4.79 Å². The first kappa shape index (κ1) is 15.6. The zero-order chi connectivity index (χ0) is 16.4. The molecule has 0 atom stereocenters. The number of halogens is 2. The van der Waals surface area contributed by atoms with E-state index >= 15 is 0 Å². The van der Waals surface area contributed by atoms with Crippen molar-refractivity contribution in [2.45, 2.75) is 6.92 Å². The first-order chi connectivity index (χ1) is 11.0. The van der Waals surface area contributed by atoms with Crippen molar-refractivity contribution in [2.24, 2.45) is 0 Å². The van der Waals surface area contributed by atoms with Crippen LogP contribution in [0.4, 0.5) is 5.82 Å². The summed E-state index contributed by atoms with van der Waals surface area (Å²) in [5.74, 6) is 0.413. The molecule has 116 valence electrons. The highest BCUT2D eigenvalue weighted by molar-refractivity contribution is 6.40. The highest BCUT2D eigenvalue weighted by Gasteiger charge is 2.16. The molecule has 0 fully saturated rings. The van der Waals surface area contributed by atoms with Crippen LogP contribution in [0.5, 0.6) is 0 Å². The fourth-order valence-corrected chi connectivity index (χ4v) is 2.65. The Morgan fingerprint density at radius 1 is 1.09 bits per heavy atom. The molecule has 0 bridgehead atoms. The molecule has 0 aliphatic rings. The Labute approximate surface area is 143 Å². The molecule has 0 spiro atoms. The van der Waals surface area contributed by atoms with Crippen molar-refractivity contribution in [1.29, 1.82) is 0 Å². The molecule has 0 unspecified atom stereocenters. The summed E-state index contributed by atoms with van der Waals surface area (Å²) in [6.07, 6.45) is 0. The lowest BCUT2D eigenvalue weighted by molar-refractivity contribution is 0.102. The second kappa shape index (κ2) is 6.44. The number of hydrogen-bond donors (Lipinski definition) is 1. The summed E-state index contributed by atoms with van der Waals surface area (Å²) in [5.41, 5.74) is 2.23. The maximum absolute atomic E-state index is 12.3. The Kier molecular flexibility index (Phi) is 4.37. The molecule has 1 N–H and O–H groups in total. The topological polar surface area (TPSA) is 55.1 Å². The van der Waals surface area contributed by atoms with E-state index in [1.165, 1.54) is 0 Å². The van der Waals surface area contributed by atoms with E-state index in [1.807, 2.05) is 31.2 Å². The fourth-order valence-electron chi connectivity index (χ4n) is 2.08. The number of benzene rings is 2. The molecule has 0 saturated heterocycles. The number of aromatic nitrogens is 1. The van der Waals surface area contributed by atoms with Gasteiger partial charge in [-0.05, 0) is 19.1 Å². The van der Waals surface area contributed by atoms with Crippen molar-refractivity contribution in [2.75, 3.05) is 5.32 Å². The number of rotatable bonds is 3. The van der Waals surface area contributed by atoms with E-state index in [2.05, 4.69) is 10.5 Å². The predicted molar refractivity (Wildman–Crippen MR) is 91.1 cm³/mol. The van der Waals surface area contributed by atoms with Crippen LogP contribution in [0.15, 0.2) is 53.1 Å². The molecule has 0 radical (unpaired) electrons. The number of anilines is 1. The number of aryl methyl sites for hydroxylation is 1. The number of nitrogens with zero attached hydrogens (tertiary/aromatic N) is 1. The minimum absolute atomic E-state index is 0.204. The Morgan fingerprint density at radius 2 is 1.74 bits per heavy atom. The molecule has 3 rings (SSSR count). The standard InChI is InChI=1S/C17H12Cl2N2O2/c1-10-5-7-11(8-6-10)14-9-15(21-23-14)20-17(22)16-12(18)3-2-4-13(16)19/h2-9H,1H3,(H,20,21,22). The lowest BCUT2D eigenvalue weighted by Crippen LogP contribution is -2.13. The normalized spacial score (nSPS) is 10.6. The minimum Gasteiger partial charge on any atom is -0.354 e. The molecule has 23 heavy (non-hydrogen) atoms. The molecule has 0 saturated carbocycles. The summed E-state index contributed by atoms with van der Waals surface area (Å²) in [4.78, 5) is 12.3. The van der Waals surface area contributed by atoms with Crippen LogP contribution in [0, 0.1) is 6.92 Å². The first-order valence-corrected chi connectivity index (χ1v) is 7.59. The number of carbonyl (C=O) groups excluding carboxylic acids is 1. The Morgan fingerprint density at radius 3 is 2.39 bits per heavy atom. The van der Waals surface area contributed by atoms with Crippen molar-refractivity contribution < 1.29 is 9.32 Å². The van der Waals surface area contributed by atoms with Gasteiger partial charge in [0.1, 0.15) is 0 Å². The van der Waals surface area contributed by atoms with Gasteiger partial charge in [0.15, 0.2) is 11.6 Å². The molecular weight excluding hydrogens is 335 g/mol. The van der Waals surface area contributed by atoms with Gasteiger partial charge in [-0.15, -0.1) is 0 Å². The molecule has 0 aliphatic heterocycles. The van der Waals surface area contributed by atoms with Crippen molar-refractivity contribution in [3.8, 4) is 11.3 Å². The third-order valence-electron chi connectivity index (χ3n) is 3.28. The highest BCUT2D eigenvalue weighted by atomic mass is 35.5. The maximum Gasteiger partial charge on any atom is 0.259 e. The van der Waals surface area contributed by atoms with Gasteiger partial charge in [-0.25, -0.2) is 0 Å². The molecule has 2 aromatic carbocycles. The van der Waals surface area contributed by atoms with Crippen LogP contribution >= 0.6 is 23.2 Å². The Hall–Kier alpha value is -2.30. The van der Waals surface area contributed by atoms with E-state index in [0.29, 0.717) is 11.6 Å². The molecule has 4 nitrogen and oxygen atoms in total. The molecule has 0 aliphatic carbocycles. The second-order valence-corrected chi connectivity index (χ2v) is 5.81. The average molecular weight is 347 g/mol. The fraction of sp³-hybridized carbons (Fsp3) is 0.0588. The largest absolute Gasteiger partial charge is 0.354 e. The quantitative estimate of drug-likeness (QED) is 0.708. The maximum atomic E-state index is 12.3. The summed E-state index contributed by atoms with van der Waals surface area (Å²) in [7, 11) is 0. The Balaban J connectivity index is 1.82. The molecular formula is C17H12Cl2N2O2. The molecule has 1 amide bonds. The SMILES string of the molecule is Cc1ccc(-c2cc(NC(=O)c3c(Cl)cccc3Cl)no2)cc1. The van der Waals surface area contributed by atoms with E-state index in [1.54, 1.807) is 24.3 Å². The van der Waals surface area contributed by atoms with Crippen LogP contribution in [-0.4, -0.2) is 11.1 Å². The average Bonchev–Trinajstić information content (AvgIpc) is 2.96. The van der Waals surface area contributed by atoms with Gasteiger partial charge in [-0.1, -0.05) is 64.3 Å². The van der Waals surface area contributed by atoms with E-state index in [-0.39, 0.29) is 15.6 Å². The van der Waals surface area contributed by atoms with Gasteiger partial charge < -0.3 is 9.84 Å². The zero-order valence-corrected chi connectivity index (χ0v) is 13.7. The third-order valence-corrected chi connectivity index (χ3v) is 3.91. The lowest BCUT2D eigenvalue weighted by Gasteiger charge is -2.05. The van der Waals surface area contributed by atoms with E-state index in [4.69, 9.17) is 27.7 Å². The predicted octanol–water partition coefficient (Wildman–Crippen LogP) is 5.21. The van der Waals surface area contributed by atoms with E-state index in [0.717, 1.165) is 11.1 Å². The smallest absolute Gasteiger partial charge is 0.259 e. The van der Waals surface area contributed by atoms with Gasteiger partial charge in [-0.2, -0.15) is 0 Å². The van der Waals surface area contributed by atoms with Crippen molar-refractivity contribution in [1.82, 2.24) is 5.16 Å². The van der Waals surface area contributed by atoms with Crippen LogP contribution in [0.1, 0.15) is 15.9 Å². The lowest BCUT2D eigenvalue weighted by atomic mass is 10.1. The Bertz CT molecular complexity index is 837. The summed E-state index contributed by atoms with van der Waals surface area (Å²) in [6.45, 7) is 2.00. The number of hydrogen-bond acceptors (Lipinski definition) is 3. The molecule has 1 heterocycles. The van der Waals surface area contributed by atoms with Crippen LogP contribution in [0.3, 0.4) is 0 Å². The van der Waals surface area contributed by atoms with Crippen LogP contribution in [0.2, 0.25) is 10.0 Å². The minimum atomic E-state index is -0.440. The third kappa shape index (κ3) is 3.38. The van der Waals surface area contributed by atoms with Gasteiger partial charge in [0.2, 0.25) is 0 Å². The van der Waals surface area contributed by atoms with Gasteiger partial charge in [0, 0.05) is 11.6 Å². The van der Waals surface area contributed by atoms with E-state index < -0.39 is 5.91 Å². The van der Waals surface area contributed by atoms with Gasteiger partial charge >= 0.3 is 0 Å². The number of nitrogens with one attached hydrogen (secondary N) is 1. The summed E-state index contributed by atoms with van der Waals surface area (Å²) in [5, 5.41) is 7.03. The highest BCUT2D eigenvalue weighted by Crippen LogP contribution is 2.26. The summed E-state index contributed by atoms with van der Waals surface area (Å²) < 4.78 is 5.26. The van der Waals surface area contributed by atoms with Crippen LogP contribution < -0.4 is 5.32 Å². The van der Waals surface area contributed by atoms with E-state index in [9.17, 15) is 4.79 Å². The number of amides is 1. The van der Waals surface area contributed by atoms with Gasteiger partial charge in [0.05, 0.1) is 15.6 Å². The molecule has 6 heteroatoms. The second-order valence-electron chi connectivity index (χ2n) is 4.99.